The molecule has 21 heavy (non-hydrogen) atoms. The van der Waals surface area contributed by atoms with E-state index in [4.69, 9.17) is 4.99 Å². The summed E-state index contributed by atoms with van der Waals surface area (Å²) in [7, 11) is 0. The lowest BCUT2D eigenvalue weighted by Crippen LogP contribution is -1.99. The van der Waals surface area contributed by atoms with Gasteiger partial charge in [-0.1, -0.05) is 37.3 Å². The Balaban J connectivity index is 2.06. The summed E-state index contributed by atoms with van der Waals surface area (Å²) in [6.45, 7) is 2.12. The van der Waals surface area contributed by atoms with Crippen molar-refractivity contribution in [2.45, 2.75) is 39.0 Å². The predicted octanol–water partition coefficient (Wildman–Crippen LogP) is 5.03. The van der Waals surface area contributed by atoms with E-state index in [0.717, 1.165) is 41.1 Å². The first-order chi connectivity index (χ1) is 10.3. The lowest BCUT2D eigenvalue weighted by atomic mass is 9.96. The lowest BCUT2D eigenvalue weighted by molar-refractivity contribution is 0.696. The summed E-state index contributed by atoms with van der Waals surface area (Å²) in [5.41, 5.74) is 4.29. The molecule has 106 valence electrons. The number of thiophene rings is 1. The number of nitrogens with zero attached hydrogens (tertiary/aromatic N) is 2. The van der Waals surface area contributed by atoms with E-state index < -0.39 is 0 Å². The fraction of sp³-hybridized carbons (Fsp3) is 0.333. The Morgan fingerprint density at radius 3 is 2.71 bits per heavy atom. The molecule has 0 N–H and O–H groups in total. The second-order valence-electron chi connectivity index (χ2n) is 5.28. The molecule has 1 heterocycles. The Labute approximate surface area is 129 Å². The summed E-state index contributed by atoms with van der Waals surface area (Å²) in [5, 5.41) is 10.4. The van der Waals surface area contributed by atoms with Crippen LogP contribution in [-0.4, -0.2) is 5.71 Å². The average molecular weight is 294 g/mol. The summed E-state index contributed by atoms with van der Waals surface area (Å²) < 4.78 is 0. The Bertz CT molecular complexity index is 705. The Morgan fingerprint density at radius 1 is 1.24 bits per heavy atom. The molecule has 1 aromatic carbocycles. The zero-order chi connectivity index (χ0) is 14.7. The molecule has 0 bridgehead atoms. The molecule has 0 spiro atoms. The molecule has 0 amide bonds. The smallest absolute Gasteiger partial charge is 0.134 e. The van der Waals surface area contributed by atoms with E-state index in [1.54, 1.807) is 11.3 Å². The number of fused-ring (bicyclic) bond motifs is 1. The number of aryl methyl sites for hydroxylation is 1. The van der Waals surface area contributed by atoms with Crippen LogP contribution in [0.5, 0.6) is 0 Å². The molecule has 0 saturated carbocycles. The molecular formula is C18H18N2S. The van der Waals surface area contributed by atoms with Gasteiger partial charge in [0.15, 0.2) is 0 Å². The lowest BCUT2D eigenvalue weighted by Gasteiger charge is -2.09. The van der Waals surface area contributed by atoms with Gasteiger partial charge in [0.1, 0.15) is 11.1 Å². The average Bonchev–Trinajstić information content (AvgIpc) is 2.90. The van der Waals surface area contributed by atoms with Gasteiger partial charge in [-0.3, -0.25) is 0 Å². The molecule has 2 nitrogen and oxygen atoms in total. The zero-order valence-corrected chi connectivity index (χ0v) is 13.0. The van der Waals surface area contributed by atoms with Crippen molar-refractivity contribution in [3.63, 3.8) is 0 Å². The minimum atomic E-state index is 0.816. The SMILES string of the molecule is CC/C(=N/c1sc2c(c1C#N)CCCC2)c1ccccc1. The third kappa shape index (κ3) is 2.77. The van der Waals surface area contributed by atoms with Crippen LogP contribution < -0.4 is 0 Å². The summed E-state index contributed by atoms with van der Waals surface area (Å²) >= 11 is 1.71. The maximum Gasteiger partial charge on any atom is 0.134 e. The van der Waals surface area contributed by atoms with Crippen LogP contribution in [0.15, 0.2) is 35.3 Å². The largest absolute Gasteiger partial charge is 0.241 e. The van der Waals surface area contributed by atoms with Gasteiger partial charge < -0.3 is 0 Å². The predicted molar refractivity (Wildman–Crippen MR) is 88.6 cm³/mol. The maximum atomic E-state index is 9.51. The molecular weight excluding hydrogens is 276 g/mol. The van der Waals surface area contributed by atoms with Crippen LogP contribution >= 0.6 is 11.3 Å². The van der Waals surface area contributed by atoms with Gasteiger partial charge in [0.05, 0.1) is 5.56 Å². The van der Waals surface area contributed by atoms with E-state index in [0.29, 0.717) is 0 Å². The van der Waals surface area contributed by atoms with Crippen LogP contribution in [0.3, 0.4) is 0 Å². The molecule has 3 heteroatoms. The minimum Gasteiger partial charge on any atom is -0.241 e. The molecule has 0 aliphatic heterocycles. The number of rotatable bonds is 3. The summed E-state index contributed by atoms with van der Waals surface area (Å²) in [6.07, 6.45) is 5.45. The van der Waals surface area contributed by atoms with Crippen LogP contribution in [0.25, 0.3) is 0 Å². The van der Waals surface area contributed by atoms with E-state index in [2.05, 4.69) is 25.1 Å². The van der Waals surface area contributed by atoms with Crippen LogP contribution in [0.1, 0.15) is 47.8 Å². The summed E-state index contributed by atoms with van der Waals surface area (Å²) in [4.78, 5) is 6.21. The van der Waals surface area contributed by atoms with Crippen molar-refractivity contribution in [1.82, 2.24) is 0 Å². The monoisotopic (exact) mass is 294 g/mol. The molecule has 1 aromatic heterocycles. The molecule has 0 radical (unpaired) electrons. The molecule has 1 aliphatic carbocycles. The standard InChI is InChI=1S/C18H18N2S/c1-2-16(13-8-4-3-5-9-13)20-18-15(12-19)14-10-6-7-11-17(14)21-18/h3-5,8-9H,2,6-7,10-11H2,1H3/b20-16-. The van der Waals surface area contributed by atoms with E-state index in [-0.39, 0.29) is 0 Å². The number of nitriles is 1. The van der Waals surface area contributed by atoms with Crippen molar-refractivity contribution in [3.05, 3.63) is 51.9 Å². The quantitative estimate of drug-likeness (QED) is 0.731. The zero-order valence-electron chi connectivity index (χ0n) is 12.2. The Hall–Kier alpha value is -1.92. The fourth-order valence-corrected chi connectivity index (χ4v) is 4.08. The van der Waals surface area contributed by atoms with Crippen LogP contribution in [0.4, 0.5) is 5.00 Å². The summed E-state index contributed by atoms with van der Waals surface area (Å²) in [6, 6.07) is 12.6. The molecule has 3 rings (SSSR count). The van der Waals surface area contributed by atoms with Gasteiger partial charge in [-0.05, 0) is 43.2 Å². The van der Waals surface area contributed by atoms with Crippen molar-refractivity contribution in [2.75, 3.05) is 0 Å². The van der Waals surface area contributed by atoms with Gasteiger partial charge in [-0.15, -0.1) is 11.3 Å². The second kappa shape index (κ2) is 6.24. The van der Waals surface area contributed by atoms with Crippen molar-refractivity contribution in [2.24, 2.45) is 4.99 Å². The molecule has 2 aromatic rings. The summed E-state index contributed by atoms with van der Waals surface area (Å²) in [5.74, 6) is 0. The molecule has 0 fully saturated rings. The van der Waals surface area contributed by atoms with Crippen molar-refractivity contribution in [1.29, 1.82) is 5.26 Å². The number of aliphatic imine (C=N–C) groups is 1. The van der Waals surface area contributed by atoms with Gasteiger partial charge in [0, 0.05) is 10.6 Å². The van der Waals surface area contributed by atoms with E-state index >= 15 is 0 Å². The molecule has 0 atom stereocenters. The molecule has 1 aliphatic rings. The Kier molecular flexibility index (Phi) is 4.17. The third-order valence-electron chi connectivity index (χ3n) is 3.94. The number of hydrogen-bond acceptors (Lipinski definition) is 3. The first kappa shape index (κ1) is 14.0. The van der Waals surface area contributed by atoms with Gasteiger partial charge in [-0.25, -0.2) is 4.99 Å². The number of benzene rings is 1. The first-order valence-electron chi connectivity index (χ1n) is 7.51. The minimum absolute atomic E-state index is 0.816. The van der Waals surface area contributed by atoms with Crippen LogP contribution in [0.2, 0.25) is 0 Å². The first-order valence-corrected chi connectivity index (χ1v) is 8.32. The highest BCUT2D eigenvalue weighted by molar-refractivity contribution is 7.16. The highest BCUT2D eigenvalue weighted by Gasteiger charge is 2.20. The fourth-order valence-electron chi connectivity index (χ4n) is 2.85. The van der Waals surface area contributed by atoms with Crippen LogP contribution in [0, 0.1) is 11.3 Å². The molecule has 0 saturated heterocycles. The van der Waals surface area contributed by atoms with Crippen molar-refractivity contribution >= 4 is 22.0 Å². The normalized spacial score (nSPS) is 14.6. The van der Waals surface area contributed by atoms with Gasteiger partial charge >= 0.3 is 0 Å². The van der Waals surface area contributed by atoms with Crippen LogP contribution in [-0.2, 0) is 12.8 Å². The van der Waals surface area contributed by atoms with E-state index in [1.165, 1.54) is 23.3 Å². The van der Waals surface area contributed by atoms with Gasteiger partial charge in [0.25, 0.3) is 0 Å². The second-order valence-corrected chi connectivity index (χ2v) is 6.36. The maximum absolute atomic E-state index is 9.51. The Morgan fingerprint density at radius 2 is 2.00 bits per heavy atom. The van der Waals surface area contributed by atoms with Crippen molar-refractivity contribution < 1.29 is 0 Å². The van der Waals surface area contributed by atoms with E-state index in [1.807, 2.05) is 18.2 Å². The molecule has 0 unspecified atom stereocenters. The highest BCUT2D eigenvalue weighted by atomic mass is 32.1. The van der Waals surface area contributed by atoms with Crippen molar-refractivity contribution in [3.8, 4) is 6.07 Å². The van der Waals surface area contributed by atoms with Gasteiger partial charge in [0.2, 0.25) is 0 Å². The highest BCUT2D eigenvalue weighted by Crippen LogP contribution is 2.39. The van der Waals surface area contributed by atoms with E-state index in [9.17, 15) is 5.26 Å². The van der Waals surface area contributed by atoms with Gasteiger partial charge in [-0.2, -0.15) is 5.26 Å². The third-order valence-corrected chi connectivity index (χ3v) is 5.13. The topological polar surface area (TPSA) is 36.1 Å². The number of hydrogen-bond donors (Lipinski definition) is 0.